The van der Waals surface area contributed by atoms with Crippen molar-refractivity contribution in [1.29, 1.82) is 0 Å². The quantitative estimate of drug-likeness (QED) is 0.936. The van der Waals surface area contributed by atoms with Crippen molar-refractivity contribution in [2.75, 3.05) is 6.61 Å². The van der Waals surface area contributed by atoms with Crippen LogP contribution in [0, 0.1) is 0 Å². The molecule has 0 saturated heterocycles. The molecule has 2 rings (SSSR count). The van der Waals surface area contributed by atoms with Crippen LogP contribution in [0.15, 0.2) is 41.3 Å². The van der Waals surface area contributed by atoms with E-state index in [2.05, 4.69) is 0 Å². The maximum Gasteiger partial charge on any atom is 0.272 e. The predicted octanol–water partition coefficient (Wildman–Crippen LogP) is 2.13. The fourth-order valence-corrected chi connectivity index (χ4v) is 2.51. The summed E-state index contributed by atoms with van der Waals surface area (Å²) in [4.78, 5) is -0.0625. The maximum atomic E-state index is 12.1. The average Bonchev–Trinajstić information content (AvgIpc) is 2.34. The van der Waals surface area contributed by atoms with Gasteiger partial charge in [-0.1, -0.05) is 24.3 Å². The van der Waals surface area contributed by atoms with Crippen LogP contribution in [-0.2, 0) is 10.0 Å². The van der Waals surface area contributed by atoms with Gasteiger partial charge in [0.1, 0.15) is 12.4 Å². The number of primary sulfonamides is 1. The van der Waals surface area contributed by atoms with Crippen molar-refractivity contribution in [2.45, 2.75) is 11.3 Å². The first-order valence-electron chi connectivity index (χ1n) is 5.35. The number of hydrogen-bond donors (Lipinski definition) is 1. The molecule has 0 atom stereocenters. The van der Waals surface area contributed by atoms with Gasteiger partial charge in [-0.15, -0.1) is 0 Å². The van der Waals surface area contributed by atoms with E-state index in [-0.39, 0.29) is 10.6 Å². The van der Waals surface area contributed by atoms with Gasteiger partial charge in [0.25, 0.3) is 6.43 Å². The molecular weight excluding hydrogens is 276 g/mol. The Labute approximate surface area is 108 Å². The molecule has 0 unspecified atom stereocenters. The number of halogens is 2. The number of sulfonamides is 1. The molecule has 0 aliphatic carbocycles. The van der Waals surface area contributed by atoms with Gasteiger partial charge in [-0.25, -0.2) is 22.3 Å². The largest absolute Gasteiger partial charge is 0.487 e. The van der Waals surface area contributed by atoms with Crippen LogP contribution in [0.2, 0.25) is 0 Å². The van der Waals surface area contributed by atoms with Crippen LogP contribution in [0.5, 0.6) is 5.75 Å². The molecule has 7 heteroatoms. The van der Waals surface area contributed by atoms with Gasteiger partial charge in [-0.05, 0) is 12.1 Å². The standard InChI is InChI=1S/C12H11F2NO3S/c13-12(14)7-18-10-5-6-11(19(15,16)17)9-4-2-1-3-8(9)10/h1-6,12H,7H2,(H2,15,16,17). The molecule has 2 aromatic carbocycles. The van der Waals surface area contributed by atoms with Crippen molar-refractivity contribution in [3.05, 3.63) is 36.4 Å². The second-order valence-corrected chi connectivity index (χ2v) is 5.38. The minimum atomic E-state index is -3.88. The molecule has 0 heterocycles. The Morgan fingerprint density at radius 2 is 1.74 bits per heavy atom. The number of fused-ring (bicyclic) bond motifs is 1. The van der Waals surface area contributed by atoms with Crippen LogP contribution in [0.1, 0.15) is 0 Å². The SMILES string of the molecule is NS(=O)(=O)c1ccc(OCC(F)F)c2ccccc12. The lowest BCUT2D eigenvalue weighted by molar-refractivity contribution is 0.0826. The van der Waals surface area contributed by atoms with E-state index >= 15 is 0 Å². The van der Waals surface area contributed by atoms with Gasteiger partial charge >= 0.3 is 0 Å². The molecule has 0 bridgehead atoms. The molecule has 0 aromatic heterocycles. The normalized spacial score (nSPS) is 12.0. The van der Waals surface area contributed by atoms with Gasteiger partial charge in [0.05, 0.1) is 4.90 Å². The maximum absolute atomic E-state index is 12.1. The average molecular weight is 287 g/mol. The lowest BCUT2D eigenvalue weighted by Crippen LogP contribution is -2.13. The summed E-state index contributed by atoms with van der Waals surface area (Å²) in [7, 11) is -3.88. The highest BCUT2D eigenvalue weighted by Gasteiger charge is 2.15. The van der Waals surface area contributed by atoms with Gasteiger partial charge < -0.3 is 4.74 Å². The molecular formula is C12H11F2NO3S. The number of hydrogen-bond acceptors (Lipinski definition) is 3. The highest BCUT2D eigenvalue weighted by atomic mass is 32.2. The van der Waals surface area contributed by atoms with E-state index in [4.69, 9.17) is 9.88 Å². The third-order valence-electron chi connectivity index (χ3n) is 2.52. The van der Waals surface area contributed by atoms with Gasteiger partial charge in [-0.2, -0.15) is 0 Å². The Kier molecular flexibility index (Phi) is 3.68. The Hall–Kier alpha value is -1.73. The van der Waals surface area contributed by atoms with E-state index in [1.807, 2.05) is 0 Å². The minimum Gasteiger partial charge on any atom is -0.487 e. The lowest BCUT2D eigenvalue weighted by atomic mass is 10.1. The Morgan fingerprint density at radius 1 is 1.11 bits per heavy atom. The van der Waals surface area contributed by atoms with Crippen molar-refractivity contribution in [3.8, 4) is 5.75 Å². The lowest BCUT2D eigenvalue weighted by Gasteiger charge is -2.11. The monoisotopic (exact) mass is 287 g/mol. The van der Waals surface area contributed by atoms with E-state index in [1.165, 1.54) is 12.1 Å². The molecule has 19 heavy (non-hydrogen) atoms. The molecule has 4 nitrogen and oxygen atoms in total. The summed E-state index contributed by atoms with van der Waals surface area (Å²) in [5.74, 6) is 0.198. The molecule has 0 radical (unpaired) electrons. The molecule has 0 fully saturated rings. The van der Waals surface area contributed by atoms with Crippen molar-refractivity contribution in [3.63, 3.8) is 0 Å². The fraction of sp³-hybridized carbons (Fsp3) is 0.167. The van der Waals surface area contributed by atoms with E-state index < -0.39 is 23.1 Å². The van der Waals surface area contributed by atoms with Gasteiger partial charge in [-0.3, -0.25) is 0 Å². The van der Waals surface area contributed by atoms with Crippen LogP contribution in [0.4, 0.5) is 8.78 Å². The highest BCUT2D eigenvalue weighted by molar-refractivity contribution is 7.89. The number of nitrogens with two attached hydrogens (primary N) is 1. The minimum absolute atomic E-state index is 0.0625. The Bertz CT molecular complexity index is 701. The first-order chi connectivity index (χ1) is 8.89. The van der Waals surface area contributed by atoms with Crippen molar-refractivity contribution in [2.24, 2.45) is 5.14 Å². The zero-order valence-corrected chi connectivity index (χ0v) is 10.5. The van der Waals surface area contributed by atoms with E-state index in [9.17, 15) is 17.2 Å². The number of rotatable bonds is 4. The van der Waals surface area contributed by atoms with E-state index in [0.717, 1.165) is 0 Å². The highest BCUT2D eigenvalue weighted by Crippen LogP contribution is 2.30. The molecule has 0 spiro atoms. The van der Waals surface area contributed by atoms with Crippen molar-refractivity contribution < 1.29 is 21.9 Å². The molecule has 0 amide bonds. The van der Waals surface area contributed by atoms with Gasteiger partial charge in [0.15, 0.2) is 0 Å². The molecule has 2 N–H and O–H groups in total. The first-order valence-corrected chi connectivity index (χ1v) is 6.89. The summed E-state index contributed by atoms with van der Waals surface area (Å²) < 4.78 is 52.1. The molecule has 102 valence electrons. The first kappa shape index (κ1) is 13.7. The molecule has 0 aliphatic heterocycles. The summed E-state index contributed by atoms with van der Waals surface area (Å²) in [5, 5.41) is 5.88. The predicted molar refractivity (Wildman–Crippen MR) is 66.8 cm³/mol. The van der Waals surface area contributed by atoms with Crippen molar-refractivity contribution >= 4 is 20.8 Å². The molecule has 0 saturated carbocycles. The summed E-state index contributed by atoms with van der Waals surface area (Å²) in [6, 6.07) is 9.00. The van der Waals surface area contributed by atoms with Gasteiger partial charge in [0, 0.05) is 10.8 Å². The topological polar surface area (TPSA) is 69.4 Å². The zero-order chi connectivity index (χ0) is 14.0. The van der Waals surface area contributed by atoms with Crippen LogP contribution in [0.25, 0.3) is 10.8 Å². The summed E-state index contributed by atoms with van der Waals surface area (Å²) in [6.45, 7) is -0.751. The molecule has 0 aliphatic rings. The van der Waals surface area contributed by atoms with Crippen LogP contribution >= 0.6 is 0 Å². The number of ether oxygens (including phenoxy) is 1. The second-order valence-electron chi connectivity index (χ2n) is 3.85. The van der Waals surface area contributed by atoms with E-state index in [1.54, 1.807) is 24.3 Å². The Balaban J connectivity index is 2.59. The van der Waals surface area contributed by atoms with Crippen LogP contribution in [0.3, 0.4) is 0 Å². The number of benzene rings is 2. The summed E-state index contributed by atoms with van der Waals surface area (Å²) in [6.07, 6.45) is -2.60. The van der Waals surface area contributed by atoms with Crippen molar-refractivity contribution in [1.82, 2.24) is 0 Å². The molecule has 2 aromatic rings. The third kappa shape index (κ3) is 2.99. The fourth-order valence-electron chi connectivity index (χ4n) is 1.77. The van der Waals surface area contributed by atoms with Crippen LogP contribution in [-0.4, -0.2) is 21.5 Å². The summed E-state index contributed by atoms with van der Waals surface area (Å²) >= 11 is 0. The smallest absolute Gasteiger partial charge is 0.272 e. The third-order valence-corrected chi connectivity index (χ3v) is 3.48. The number of alkyl halides is 2. The van der Waals surface area contributed by atoms with Crippen LogP contribution < -0.4 is 9.88 Å². The Morgan fingerprint density at radius 3 is 2.32 bits per heavy atom. The zero-order valence-electron chi connectivity index (χ0n) is 9.71. The van der Waals surface area contributed by atoms with Gasteiger partial charge in [0.2, 0.25) is 10.0 Å². The second kappa shape index (κ2) is 5.10. The summed E-state index contributed by atoms with van der Waals surface area (Å²) in [5.41, 5.74) is 0. The van der Waals surface area contributed by atoms with E-state index in [0.29, 0.717) is 10.8 Å².